The summed E-state index contributed by atoms with van der Waals surface area (Å²) < 4.78 is 50.1. The van der Waals surface area contributed by atoms with Gasteiger partial charge in [-0.25, -0.2) is 13.6 Å². The maximum Gasteiger partial charge on any atom is 0.319 e. The number of benzene rings is 2. The number of nitrogen functional groups attached to an aromatic ring is 1. The fourth-order valence-corrected chi connectivity index (χ4v) is 8.28. The Morgan fingerprint density at radius 1 is 1.35 bits per heavy atom. The summed E-state index contributed by atoms with van der Waals surface area (Å²) >= 11 is 7.91. The number of rotatable bonds is 7. The van der Waals surface area contributed by atoms with Crippen molar-refractivity contribution in [1.29, 1.82) is 0 Å². The van der Waals surface area contributed by atoms with Crippen LogP contribution < -0.4 is 20.1 Å². The molecule has 46 heavy (non-hydrogen) atoms. The van der Waals surface area contributed by atoms with Gasteiger partial charge in [0.2, 0.25) is 5.69 Å². The van der Waals surface area contributed by atoms with Crippen LogP contribution in [0.5, 0.6) is 11.8 Å². The molecule has 0 aliphatic carbocycles. The average Bonchev–Trinajstić information content (AvgIpc) is 3.65. The van der Waals surface area contributed by atoms with Gasteiger partial charge >= 0.3 is 6.01 Å². The number of aromatic nitrogens is 2. The van der Waals surface area contributed by atoms with E-state index >= 15 is 4.39 Å². The SMILES string of the molecule is [C-]#[N+]c1c(N)sc2c(F)ccc(-c3c(Cl)c4c5c(nc(OC[C@@]67CCCN6CC(=C)C7)nc5c3F)N(CCOC)[C@@H](C#C)CO4)c12. The molecule has 3 aliphatic rings. The molecule has 4 aromatic rings. The second kappa shape index (κ2) is 11.6. The first-order valence-electron chi connectivity index (χ1n) is 14.7. The number of nitrogens with zero attached hydrogens (tertiary/aromatic N) is 5. The molecule has 0 saturated carbocycles. The third-order valence-electron chi connectivity index (χ3n) is 9.08. The predicted octanol–water partition coefficient (Wildman–Crippen LogP) is 6.60. The van der Waals surface area contributed by atoms with E-state index < -0.39 is 17.7 Å². The zero-order valence-corrected chi connectivity index (χ0v) is 26.5. The minimum Gasteiger partial charge on any atom is -0.488 e. The van der Waals surface area contributed by atoms with Gasteiger partial charge in [0.1, 0.15) is 36.4 Å². The summed E-state index contributed by atoms with van der Waals surface area (Å²) in [6.45, 7) is 14.6. The van der Waals surface area contributed by atoms with Crippen LogP contribution in [0.1, 0.15) is 19.3 Å². The van der Waals surface area contributed by atoms with E-state index in [0.29, 0.717) is 25.6 Å². The fraction of sp³-hybridized carbons (Fsp3) is 0.364. The van der Waals surface area contributed by atoms with E-state index in [0.717, 1.165) is 49.3 Å². The van der Waals surface area contributed by atoms with Crippen molar-refractivity contribution in [2.45, 2.75) is 30.8 Å². The Morgan fingerprint density at radius 2 is 2.17 bits per heavy atom. The first kappa shape index (κ1) is 30.5. The van der Waals surface area contributed by atoms with Crippen molar-refractivity contribution >= 4 is 60.4 Å². The minimum atomic E-state index is -0.810. The lowest BCUT2D eigenvalue weighted by atomic mass is 9.94. The van der Waals surface area contributed by atoms with Gasteiger partial charge in [-0.05, 0) is 37.4 Å². The average molecular weight is 663 g/mol. The molecule has 0 bridgehead atoms. The molecule has 7 rings (SSSR count). The molecule has 2 aromatic heterocycles. The number of methoxy groups -OCH3 is 1. The Labute approximate surface area is 273 Å². The van der Waals surface area contributed by atoms with Crippen molar-refractivity contribution in [1.82, 2.24) is 14.9 Å². The van der Waals surface area contributed by atoms with Gasteiger partial charge in [-0.3, -0.25) is 4.90 Å². The Morgan fingerprint density at radius 3 is 2.93 bits per heavy atom. The number of ether oxygens (including phenoxy) is 3. The predicted molar refractivity (Wildman–Crippen MR) is 176 cm³/mol. The number of thiophene rings is 1. The Kier molecular flexibility index (Phi) is 7.65. The van der Waals surface area contributed by atoms with Gasteiger partial charge in [-0.2, -0.15) is 9.97 Å². The van der Waals surface area contributed by atoms with Crippen molar-refractivity contribution in [3.8, 4) is 35.2 Å². The highest BCUT2D eigenvalue weighted by Crippen LogP contribution is 2.53. The van der Waals surface area contributed by atoms with Gasteiger partial charge in [0.05, 0.1) is 38.8 Å². The third kappa shape index (κ3) is 4.63. The number of nitrogens with two attached hydrogens (primary N) is 1. The van der Waals surface area contributed by atoms with Crippen molar-refractivity contribution in [3.63, 3.8) is 0 Å². The highest BCUT2D eigenvalue weighted by molar-refractivity contribution is 7.23. The number of anilines is 2. The molecule has 9 nitrogen and oxygen atoms in total. The zero-order chi connectivity index (χ0) is 32.3. The summed E-state index contributed by atoms with van der Waals surface area (Å²) in [4.78, 5) is 17.1. The molecule has 2 fully saturated rings. The quantitative estimate of drug-likeness (QED) is 0.135. The Hall–Kier alpha value is -4.20. The molecule has 0 unspecified atom stereocenters. The Balaban J connectivity index is 1.47. The van der Waals surface area contributed by atoms with E-state index in [1.807, 2.05) is 0 Å². The van der Waals surface area contributed by atoms with Crippen molar-refractivity contribution in [2.75, 3.05) is 57.2 Å². The van der Waals surface area contributed by atoms with Crippen LogP contribution in [0.25, 0.3) is 37.0 Å². The molecule has 5 heterocycles. The molecule has 2 N–H and O–H groups in total. The molecular formula is C33H29ClF2N6O3S. The van der Waals surface area contributed by atoms with E-state index in [1.54, 1.807) is 12.0 Å². The molecule has 0 amide bonds. The summed E-state index contributed by atoms with van der Waals surface area (Å²) in [6, 6.07) is 1.93. The molecule has 2 atom stereocenters. The number of hydrogen-bond donors (Lipinski definition) is 1. The highest BCUT2D eigenvalue weighted by Gasteiger charge is 2.46. The summed E-state index contributed by atoms with van der Waals surface area (Å²) in [5.74, 6) is 1.76. The maximum absolute atomic E-state index is 17.1. The zero-order valence-electron chi connectivity index (χ0n) is 25.0. The normalized spacial score (nSPS) is 20.9. The summed E-state index contributed by atoms with van der Waals surface area (Å²) in [6.07, 6.45) is 8.74. The first-order valence-corrected chi connectivity index (χ1v) is 15.9. The van der Waals surface area contributed by atoms with E-state index in [-0.39, 0.29) is 71.7 Å². The van der Waals surface area contributed by atoms with Crippen LogP contribution in [0.15, 0.2) is 24.3 Å². The van der Waals surface area contributed by atoms with Gasteiger partial charge in [0, 0.05) is 31.1 Å². The van der Waals surface area contributed by atoms with Gasteiger partial charge in [-0.15, -0.1) is 17.8 Å². The summed E-state index contributed by atoms with van der Waals surface area (Å²) in [7, 11) is 1.57. The van der Waals surface area contributed by atoms with Crippen LogP contribution in [0.4, 0.5) is 25.3 Å². The summed E-state index contributed by atoms with van der Waals surface area (Å²) in [5.41, 5.74) is 6.98. The lowest BCUT2D eigenvalue weighted by molar-refractivity contribution is 0.108. The standard InChI is InChI=1S/C33H29ClF2N6O3S/c1-5-18-15-44-28-23-26(25(36)21(24(28)34)19-7-8-20(35)29-22(19)27(38-3)30(37)46-29)39-32(40-31(23)42(18)11-12-43-4)45-16-33-9-6-10-41(33)14-17(2)13-33/h1,7-8,18H,2,6,9-16,37H2,4H3/t18-,33-/m0/s1. The first-order chi connectivity index (χ1) is 22.2. The topological polar surface area (TPSA) is 90.3 Å². The van der Waals surface area contributed by atoms with Gasteiger partial charge in [0.25, 0.3) is 0 Å². The number of terminal acetylenes is 1. The lowest BCUT2D eigenvalue weighted by Gasteiger charge is -2.31. The Bertz CT molecular complexity index is 2020. The largest absolute Gasteiger partial charge is 0.488 e. The van der Waals surface area contributed by atoms with E-state index in [9.17, 15) is 4.39 Å². The second-order valence-corrected chi connectivity index (χ2v) is 13.2. The number of halogens is 3. The van der Waals surface area contributed by atoms with Crippen molar-refractivity contribution < 1.29 is 23.0 Å². The van der Waals surface area contributed by atoms with E-state index in [4.69, 9.17) is 49.5 Å². The van der Waals surface area contributed by atoms with Crippen molar-refractivity contribution in [3.05, 3.63) is 52.4 Å². The van der Waals surface area contributed by atoms with Crippen molar-refractivity contribution in [2.24, 2.45) is 0 Å². The lowest BCUT2D eigenvalue weighted by Crippen LogP contribution is -2.43. The molecule has 0 spiro atoms. The van der Waals surface area contributed by atoms with Crippen LogP contribution >= 0.6 is 22.9 Å². The molecule has 3 aliphatic heterocycles. The molecular weight excluding hydrogens is 634 g/mol. The van der Waals surface area contributed by atoms with Crippen LogP contribution in [-0.2, 0) is 4.74 Å². The fourth-order valence-electron chi connectivity index (χ4n) is 7.01. The monoisotopic (exact) mass is 662 g/mol. The number of fused-ring (bicyclic) bond motifs is 2. The van der Waals surface area contributed by atoms with Gasteiger partial charge in [0.15, 0.2) is 11.6 Å². The maximum atomic E-state index is 17.1. The van der Waals surface area contributed by atoms with Crippen LogP contribution in [-0.4, -0.2) is 73.0 Å². The second-order valence-electron chi connectivity index (χ2n) is 11.8. The molecule has 2 aromatic carbocycles. The van der Waals surface area contributed by atoms with Crippen LogP contribution in [0.3, 0.4) is 0 Å². The minimum absolute atomic E-state index is 0.00434. The molecule has 0 radical (unpaired) electrons. The third-order valence-corrected chi connectivity index (χ3v) is 10.5. The smallest absolute Gasteiger partial charge is 0.319 e. The highest BCUT2D eigenvalue weighted by atomic mass is 35.5. The van der Waals surface area contributed by atoms with Gasteiger partial charge in [-0.1, -0.05) is 35.7 Å². The van der Waals surface area contributed by atoms with Crippen LogP contribution in [0.2, 0.25) is 5.02 Å². The van der Waals surface area contributed by atoms with Crippen LogP contribution in [0, 0.1) is 30.6 Å². The summed E-state index contributed by atoms with van der Waals surface area (Å²) in [5, 5.41) is 0.403. The molecule has 236 valence electrons. The molecule has 13 heteroatoms. The van der Waals surface area contributed by atoms with E-state index in [1.165, 1.54) is 12.1 Å². The van der Waals surface area contributed by atoms with Gasteiger partial charge < -0.3 is 24.8 Å². The molecule has 2 saturated heterocycles. The number of hydrogen-bond acceptors (Lipinski definition) is 9. The van der Waals surface area contributed by atoms with E-state index in [2.05, 4.69) is 27.2 Å².